The molecule has 0 saturated carbocycles. The first-order valence-corrected chi connectivity index (χ1v) is 4.81. The van der Waals surface area contributed by atoms with Gasteiger partial charge in [0.1, 0.15) is 5.82 Å². The van der Waals surface area contributed by atoms with E-state index in [1.807, 2.05) is 0 Å². The molecule has 0 bridgehead atoms. The Morgan fingerprint density at radius 1 is 1.67 bits per heavy atom. The van der Waals surface area contributed by atoms with Crippen LogP contribution in [0.5, 0.6) is 0 Å². The van der Waals surface area contributed by atoms with Crippen LogP contribution in [0.4, 0.5) is 5.82 Å². The van der Waals surface area contributed by atoms with Crippen molar-refractivity contribution in [2.75, 3.05) is 18.5 Å². The number of hydrogen-bond donors (Lipinski definition) is 2. The summed E-state index contributed by atoms with van der Waals surface area (Å²) in [6.07, 6.45) is 1.28. The molecule has 0 spiro atoms. The van der Waals surface area contributed by atoms with Crippen molar-refractivity contribution in [3.8, 4) is 0 Å². The van der Waals surface area contributed by atoms with Crippen LogP contribution in [0.1, 0.15) is 16.9 Å². The number of anilines is 1. The van der Waals surface area contributed by atoms with E-state index in [1.54, 1.807) is 12.1 Å². The largest absolute Gasteiger partial charge is 0.477 e. The standard InChI is InChI=1S/C10H12N2O3/c13-10(14)8-2-1-3-9(12-8)11-6-7-4-5-15-7/h1-3,7H,4-6H2,(H,11,12)(H,13,14)/t7-/m0/s1. The van der Waals surface area contributed by atoms with Crippen molar-refractivity contribution < 1.29 is 14.6 Å². The molecule has 5 heteroatoms. The Bertz CT molecular complexity index is 363. The number of rotatable bonds is 4. The van der Waals surface area contributed by atoms with Gasteiger partial charge in [-0.15, -0.1) is 0 Å². The summed E-state index contributed by atoms with van der Waals surface area (Å²) in [7, 11) is 0. The van der Waals surface area contributed by atoms with Crippen LogP contribution in [0.3, 0.4) is 0 Å². The van der Waals surface area contributed by atoms with Gasteiger partial charge in [-0.3, -0.25) is 0 Å². The highest BCUT2D eigenvalue weighted by molar-refractivity contribution is 5.85. The summed E-state index contributed by atoms with van der Waals surface area (Å²) in [5.74, 6) is -0.441. The Morgan fingerprint density at radius 2 is 2.47 bits per heavy atom. The van der Waals surface area contributed by atoms with Crippen molar-refractivity contribution in [2.45, 2.75) is 12.5 Å². The van der Waals surface area contributed by atoms with E-state index in [4.69, 9.17) is 9.84 Å². The molecule has 0 aromatic carbocycles. The second kappa shape index (κ2) is 4.27. The number of aromatic nitrogens is 1. The molecule has 1 aromatic heterocycles. The van der Waals surface area contributed by atoms with Crippen molar-refractivity contribution in [3.05, 3.63) is 23.9 Å². The third kappa shape index (κ3) is 2.44. The molecular weight excluding hydrogens is 196 g/mol. The number of carbonyl (C=O) groups is 1. The molecule has 2 N–H and O–H groups in total. The van der Waals surface area contributed by atoms with Crippen molar-refractivity contribution in [1.82, 2.24) is 4.98 Å². The summed E-state index contributed by atoms with van der Waals surface area (Å²) in [6, 6.07) is 4.87. The van der Waals surface area contributed by atoms with E-state index in [0.29, 0.717) is 12.4 Å². The smallest absolute Gasteiger partial charge is 0.354 e. The molecule has 2 heterocycles. The number of ether oxygens (including phenoxy) is 1. The van der Waals surface area contributed by atoms with Gasteiger partial charge in [0.15, 0.2) is 5.69 Å². The van der Waals surface area contributed by atoms with Gasteiger partial charge in [0.05, 0.1) is 6.10 Å². The lowest BCUT2D eigenvalue weighted by atomic mass is 10.2. The normalized spacial score (nSPS) is 19.3. The van der Waals surface area contributed by atoms with Crippen LogP contribution in [0.2, 0.25) is 0 Å². The minimum absolute atomic E-state index is 0.0505. The Labute approximate surface area is 87.1 Å². The number of nitrogens with zero attached hydrogens (tertiary/aromatic N) is 1. The number of nitrogens with one attached hydrogen (secondary N) is 1. The third-order valence-electron chi connectivity index (χ3n) is 2.27. The predicted octanol–water partition coefficient (Wildman–Crippen LogP) is 0.981. The first kappa shape index (κ1) is 9.92. The van der Waals surface area contributed by atoms with Crippen LogP contribution in [-0.2, 0) is 4.74 Å². The zero-order chi connectivity index (χ0) is 10.7. The molecule has 5 nitrogen and oxygen atoms in total. The summed E-state index contributed by atoms with van der Waals surface area (Å²) >= 11 is 0. The van der Waals surface area contributed by atoms with Crippen LogP contribution in [-0.4, -0.2) is 35.3 Å². The molecule has 1 atom stereocenters. The minimum atomic E-state index is -1.02. The molecule has 1 fully saturated rings. The fourth-order valence-corrected chi connectivity index (χ4v) is 1.32. The summed E-state index contributed by atoms with van der Waals surface area (Å²) < 4.78 is 5.22. The maximum Gasteiger partial charge on any atom is 0.354 e. The van der Waals surface area contributed by atoms with Crippen LogP contribution in [0, 0.1) is 0 Å². The Balaban J connectivity index is 1.94. The zero-order valence-electron chi connectivity index (χ0n) is 8.14. The highest BCUT2D eigenvalue weighted by atomic mass is 16.5. The SMILES string of the molecule is O=C(O)c1cccc(NC[C@@H]2CCO2)n1. The Kier molecular flexibility index (Phi) is 2.82. The van der Waals surface area contributed by atoms with Gasteiger partial charge in [0, 0.05) is 13.2 Å². The molecule has 0 amide bonds. The van der Waals surface area contributed by atoms with Crippen molar-refractivity contribution >= 4 is 11.8 Å². The molecular formula is C10H12N2O3. The van der Waals surface area contributed by atoms with Crippen LogP contribution < -0.4 is 5.32 Å². The summed E-state index contributed by atoms with van der Waals surface area (Å²) in [5, 5.41) is 11.8. The van der Waals surface area contributed by atoms with Gasteiger partial charge < -0.3 is 15.2 Å². The van der Waals surface area contributed by atoms with E-state index in [9.17, 15) is 4.79 Å². The minimum Gasteiger partial charge on any atom is -0.477 e. The van der Waals surface area contributed by atoms with E-state index in [0.717, 1.165) is 13.0 Å². The van der Waals surface area contributed by atoms with Crippen LogP contribution >= 0.6 is 0 Å². The molecule has 80 valence electrons. The lowest BCUT2D eigenvalue weighted by molar-refractivity contribution is -0.0410. The van der Waals surface area contributed by atoms with Crippen LogP contribution in [0.25, 0.3) is 0 Å². The van der Waals surface area contributed by atoms with Crippen molar-refractivity contribution in [2.24, 2.45) is 0 Å². The number of aromatic carboxylic acids is 1. The fourth-order valence-electron chi connectivity index (χ4n) is 1.32. The third-order valence-corrected chi connectivity index (χ3v) is 2.27. The first-order valence-electron chi connectivity index (χ1n) is 4.81. The van der Waals surface area contributed by atoms with Gasteiger partial charge >= 0.3 is 5.97 Å². The number of carboxylic acid groups (broad SMARTS) is 1. The van der Waals surface area contributed by atoms with E-state index in [2.05, 4.69) is 10.3 Å². The number of pyridine rings is 1. The molecule has 1 aliphatic rings. The summed E-state index contributed by atoms with van der Waals surface area (Å²) in [6.45, 7) is 1.49. The quantitative estimate of drug-likeness (QED) is 0.771. The van der Waals surface area contributed by atoms with Crippen molar-refractivity contribution in [1.29, 1.82) is 0 Å². The van der Waals surface area contributed by atoms with Gasteiger partial charge in [-0.05, 0) is 18.6 Å². The molecule has 1 aromatic rings. The van der Waals surface area contributed by atoms with Gasteiger partial charge in [-0.2, -0.15) is 0 Å². The maximum absolute atomic E-state index is 10.6. The molecule has 15 heavy (non-hydrogen) atoms. The van der Waals surface area contributed by atoms with E-state index >= 15 is 0 Å². The molecule has 2 rings (SSSR count). The topological polar surface area (TPSA) is 71.5 Å². The molecule has 0 radical (unpaired) electrons. The molecule has 1 saturated heterocycles. The lowest BCUT2D eigenvalue weighted by Crippen LogP contribution is -2.33. The number of hydrogen-bond acceptors (Lipinski definition) is 4. The van der Waals surface area contributed by atoms with Crippen LogP contribution in [0.15, 0.2) is 18.2 Å². The molecule has 1 aliphatic heterocycles. The second-order valence-corrected chi connectivity index (χ2v) is 3.38. The second-order valence-electron chi connectivity index (χ2n) is 3.38. The Hall–Kier alpha value is -1.62. The van der Waals surface area contributed by atoms with Gasteiger partial charge in [0.25, 0.3) is 0 Å². The lowest BCUT2D eigenvalue weighted by Gasteiger charge is -2.26. The average molecular weight is 208 g/mol. The highest BCUT2D eigenvalue weighted by Gasteiger charge is 2.17. The molecule has 0 aliphatic carbocycles. The summed E-state index contributed by atoms with van der Waals surface area (Å²) in [5.41, 5.74) is 0.0505. The van der Waals surface area contributed by atoms with Gasteiger partial charge in [-0.1, -0.05) is 6.07 Å². The number of carboxylic acids is 1. The van der Waals surface area contributed by atoms with E-state index in [-0.39, 0.29) is 11.8 Å². The first-order chi connectivity index (χ1) is 7.25. The molecule has 0 unspecified atom stereocenters. The van der Waals surface area contributed by atoms with E-state index in [1.165, 1.54) is 6.07 Å². The predicted molar refractivity (Wildman–Crippen MR) is 54.0 cm³/mol. The van der Waals surface area contributed by atoms with Gasteiger partial charge in [-0.25, -0.2) is 9.78 Å². The fraction of sp³-hybridized carbons (Fsp3) is 0.400. The summed E-state index contributed by atoms with van der Waals surface area (Å²) in [4.78, 5) is 14.6. The average Bonchev–Trinajstić information content (AvgIpc) is 2.16. The van der Waals surface area contributed by atoms with Crippen molar-refractivity contribution in [3.63, 3.8) is 0 Å². The Morgan fingerprint density at radius 3 is 3.07 bits per heavy atom. The maximum atomic E-state index is 10.6. The zero-order valence-corrected chi connectivity index (χ0v) is 8.14. The van der Waals surface area contributed by atoms with Gasteiger partial charge in [0.2, 0.25) is 0 Å². The highest BCUT2D eigenvalue weighted by Crippen LogP contribution is 2.12. The van der Waals surface area contributed by atoms with E-state index < -0.39 is 5.97 Å². The monoisotopic (exact) mass is 208 g/mol.